The Bertz CT molecular complexity index is 970. The van der Waals surface area contributed by atoms with E-state index in [2.05, 4.69) is 24.8 Å². The van der Waals surface area contributed by atoms with Crippen LogP contribution in [0.15, 0.2) is 66.3 Å². The highest BCUT2D eigenvalue weighted by Gasteiger charge is 2.63. The molecule has 1 aliphatic carbocycles. The molecule has 4 nitrogen and oxygen atoms in total. The Morgan fingerprint density at radius 1 is 1.25 bits per heavy atom. The van der Waals surface area contributed by atoms with E-state index >= 15 is 0 Å². The van der Waals surface area contributed by atoms with E-state index in [0.29, 0.717) is 0 Å². The summed E-state index contributed by atoms with van der Waals surface area (Å²) >= 11 is 0. The third-order valence-corrected chi connectivity index (χ3v) is 6.44. The van der Waals surface area contributed by atoms with Crippen LogP contribution >= 0.6 is 0 Å². The van der Waals surface area contributed by atoms with E-state index < -0.39 is 23.8 Å². The van der Waals surface area contributed by atoms with Gasteiger partial charge in [-0.2, -0.15) is 0 Å². The highest BCUT2D eigenvalue weighted by atomic mass is 16.6. The molecular formula is C24H26O4. The molecule has 0 saturated carbocycles. The maximum absolute atomic E-state index is 12.6. The summed E-state index contributed by atoms with van der Waals surface area (Å²) in [5, 5.41) is 14.0. The van der Waals surface area contributed by atoms with Crippen LogP contribution in [-0.4, -0.2) is 29.9 Å². The van der Waals surface area contributed by atoms with Crippen LogP contribution in [0.1, 0.15) is 31.9 Å². The number of carbonyl (C=O) groups excluding carboxylic acids is 1. The SMILES string of the molecule is C=C(C)[C@H]1CC=C(C)[C@@]2(O)[C@@H]1[C@H](c1cccc3ccccc13)O[C@@H]2C(=O)OC. The topological polar surface area (TPSA) is 55.8 Å². The second kappa shape index (κ2) is 6.87. The van der Waals surface area contributed by atoms with E-state index in [1.165, 1.54) is 7.11 Å². The summed E-state index contributed by atoms with van der Waals surface area (Å²) in [6, 6.07) is 14.2. The van der Waals surface area contributed by atoms with E-state index in [1.54, 1.807) is 0 Å². The van der Waals surface area contributed by atoms with Gasteiger partial charge in [-0.15, -0.1) is 0 Å². The van der Waals surface area contributed by atoms with Crippen molar-refractivity contribution in [3.63, 3.8) is 0 Å². The number of carbonyl (C=O) groups is 1. The Balaban J connectivity index is 1.93. The average Bonchev–Trinajstić information content (AvgIpc) is 3.02. The monoisotopic (exact) mass is 378 g/mol. The minimum Gasteiger partial charge on any atom is -0.467 e. The van der Waals surface area contributed by atoms with Crippen LogP contribution in [0.25, 0.3) is 10.8 Å². The normalized spacial score (nSPS) is 31.9. The van der Waals surface area contributed by atoms with Gasteiger partial charge in [-0.3, -0.25) is 0 Å². The second-order valence-corrected chi connectivity index (χ2v) is 7.96. The maximum atomic E-state index is 12.6. The molecule has 4 heteroatoms. The van der Waals surface area contributed by atoms with E-state index in [9.17, 15) is 9.90 Å². The first-order valence-electron chi connectivity index (χ1n) is 9.65. The highest BCUT2D eigenvalue weighted by Crippen LogP contribution is 2.57. The Kier molecular flexibility index (Phi) is 4.64. The van der Waals surface area contributed by atoms with Gasteiger partial charge in [-0.25, -0.2) is 4.79 Å². The third-order valence-electron chi connectivity index (χ3n) is 6.44. The lowest BCUT2D eigenvalue weighted by atomic mass is 9.63. The molecule has 0 bridgehead atoms. The second-order valence-electron chi connectivity index (χ2n) is 7.96. The zero-order valence-electron chi connectivity index (χ0n) is 16.5. The van der Waals surface area contributed by atoms with Crippen LogP contribution in [0.3, 0.4) is 0 Å². The Morgan fingerprint density at radius 2 is 1.96 bits per heavy atom. The summed E-state index contributed by atoms with van der Waals surface area (Å²) in [6.07, 6.45) is 1.27. The molecule has 1 saturated heterocycles. The highest BCUT2D eigenvalue weighted by molar-refractivity contribution is 5.86. The Hall–Kier alpha value is -2.43. The standard InChI is InChI=1S/C24H26O4/c1-14(2)17-13-12-15(3)24(26)20(17)21(28-22(24)23(25)27-4)19-11-7-9-16-8-5-6-10-18(16)19/h5-12,17,20-22,26H,1,13H2,2-4H3/t17-,20+,21+,22-,24-/m1/s1. The van der Waals surface area contributed by atoms with Crippen molar-refractivity contribution in [3.8, 4) is 0 Å². The minimum absolute atomic E-state index is 0.00678. The van der Waals surface area contributed by atoms with Gasteiger partial charge in [0.25, 0.3) is 0 Å². The first-order chi connectivity index (χ1) is 13.4. The van der Waals surface area contributed by atoms with Gasteiger partial charge >= 0.3 is 5.97 Å². The van der Waals surface area contributed by atoms with Crippen molar-refractivity contribution in [2.45, 2.75) is 38.1 Å². The first-order valence-corrected chi connectivity index (χ1v) is 9.65. The predicted molar refractivity (Wildman–Crippen MR) is 109 cm³/mol. The molecule has 2 aromatic carbocycles. The molecule has 0 aromatic heterocycles. The Morgan fingerprint density at radius 3 is 2.68 bits per heavy atom. The molecule has 0 unspecified atom stereocenters. The number of allylic oxidation sites excluding steroid dienone is 2. The summed E-state index contributed by atoms with van der Waals surface area (Å²) in [5.41, 5.74) is 1.30. The van der Waals surface area contributed by atoms with Gasteiger partial charge in [0.1, 0.15) is 5.60 Å². The fourth-order valence-corrected chi connectivity index (χ4v) is 4.96. The lowest BCUT2D eigenvalue weighted by molar-refractivity contribution is -0.161. The summed E-state index contributed by atoms with van der Waals surface area (Å²) in [6.45, 7) is 8.01. The fraction of sp³-hybridized carbons (Fsp3) is 0.375. The quantitative estimate of drug-likeness (QED) is 0.638. The van der Waals surface area contributed by atoms with Crippen molar-refractivity contribution >= 4 is 16.7 Å². The van der Waals surface area contributed by atoms with Gasteiger partial charge < -0.3 is 14.6 Å². The fourth-order valence-electron chi connectivity index (χ4n) is 4.96. The lowest BCUT2D eigenvalue weighted by Crippen LogP contribution is -2.53. The molecule has 1 heterocycles. The van der Waals surface area contributed by atoms with Gasteiger partial charge in [0, 0.05) is 5.92 Å². The maximum Gasteiger partial charge on any atom is 0.338 e. The van der Waals surface area contributed by atoms with Crippen LogP contribution in [0.2, 0.25) is 0 Å². The third kappa shape index (κ3) is 2.63. The molecule has 4 rings (SSSR count). The van der Waals surface area contributed by atoms with Crippen LogP contribution in [0.5, 0.6) is 0 Å². The molecule has 2 aromatic rings. The summed E-state index contributed by atoms with van der Waals surface area (Å²) in [7, 11) is 1.33. The molecule has 1 aliphatic heterocycles. The first kappa shape index (κ1) is 18.9. The van der Waals surface area contributed by atoms with Gasteiger partial charge in [0.15, 0.2) is 6.10 Å². The van der Waals surface area contributed by atoms with Crippen LogP contribution < -0.4 is 0 Å². The van der Waals surface area contributed by atoms with E-state index in [-0.39, 0.29) is 11.8 Å². The smallest absolute Gasteiger partial charge is 0.338 e. The molecule has 0 amide bonds. The van der Waals surface area contributed by atoms with Gasteiger partial charge in [0.05, 0.1) is 13.2 Å². The number of fused-ring (bicyclic) bond motifs is 2. The van der Waals surface area contributed by atoms with Crippen molar-refractivity contribution < 1.29 is 19.4 Å². The summed E-state index contributed by atoms with van der Waals surface area (Å²) in [4.78, 5) is 12.6. The van der Waals surface area contributed by atoms with Crippen molar-refractivity contribution in [2.75, 3.05) is 7.11 Å². The number of aliphatic hydroxyl groups is 1. The molecule has 28 heavy (non-hydrogen) atoms. The van der Waals surface area contributed by atoms with E-state index in [1.807, 2.05) is 44.2 Å². The number of hydrogen-bond acceptors (Lipinski definition) is 4. The molecule has 0 spiro atoms. The summed E-state index contributed by atoms with van der Waals surface area (Å²) in [5.74, 6) is -0.859. The van der Waals surface area contributed by atoms with Crippen molar-refractivity contribution in [1.82, 2.24) is 0 Å². The van der Waals surface area contributed by atoms with Crippen LogP contribution in [-0.2, 0) is 14.3 Å². The van der Waals surface area contributed by atoms with Gasteiger partial charge in [-0.1, -0.05) is 60.7 Å². The Labute approximate surface area is 165 Å². The van der Waals surface area contributed by atoms with Crippen molar-refractivity contribution in [2.24, 2.45) is 11.8 Å². The summed E-state index contributed by atoms with van der Waals surface area (Å²) < 4.78 is 11.3. The van der Waals surface area contributed by atoms with Crippen LogP contribution in [0.4, 0.5) is 0 Å². The minimum atomic E-state index is -1.42. The number of rotatable bonds is 3. The lowest BCUT2D eigenvalue weighted by Gasteiger charge is -2.42. The van der Waals surface area contributed by atoms with E-state index in [0.717, 1.165) is 33.9 Å². The largest absolute Gasteiger partial charge is 0.467 e. The molecule has 2 aliphatic rings. The average molecular weight is 378 g/mol. The number of hydrogen-bond donors (Lipinski definition) is 1. The molecule has 5 atom stereocenters. The van der Waals surface area contributed by atoms with Crippen LogP contribution in [0, 0.1) is 11.8 Å². The van der Waals surface area contributed by atoms with Gasteiger partial charge in [0.2, 0.25) is 0 Å². The molecular weight excluding hydrogens is 352 g/mol. The number of benzene rings is 2. The van der Waals surface area contributed by atoms with Crippen molar-refractivity contribution in [1.29, 1.82) is 0 Å². The van der Waals surface area contributed by atoms with Crippen molar-refractivity contribution in [3.05, 3.63) is 71.8 Å². The number of ether oxygens (including phenoxy) is 2. The molecule has 0 radical (unpaired) electrons. The molecule has 1 N–H and O–H groups in total. The zero-order chi connectivity index (χ0) is 20.1. The molecule has 146 valence electrons. The number of esters is 1. The predicted octanol–water partition coefficient (Wildman–Crippen LogP) is 4.34. The number of methoxy groups -OCH3 is 1. The van der Waals surface area contributed by atoms with E-state index in [4.69, 9.17) is 9.47 Å². The van der Waals surface area contributed by atoms with Gasteiger partial charge in [-0.05, 0) is 48.1 Å². The molecule has 1 fully saturated rings. The zero-order valence-corrected chi connectivity index (χ0v) is 16.5.